The molecule has 3 N–H and O–H groups in total. The molecule has 0 rings (SSSR count). The van der Waals surface area contributed by atoms with E-state index in [0.717, 1.165) is 0 Å². The summed E-state index contributed by atoms with van der Waals surface area (Å²) in [6.45, 7) is 2.77. The zero-order valence-corrected chi connectivity index (χ0v) is 9.43. The zero-order chi connectivity index (χ0) is 11.8. The summed E-state index contributed by atoms with van der Waals surface area (Å²) in [5, 5.41) is 11.4. The molecule has 0 heterocycles. The lowest BCUT2D eigenvalue weighted by Crippen LogP contribution is -2.41. The molecule has 0 spiro atoms. The SMILES string of the molecule is CCC(C(=O)N(C)CCOC)C(N)=NO. The molecule has 0 aliphatic carbocycles. The number of ether oxygens (including phenoxy) is 1. The molecule has 1 unspecified atom stereocenters. The van der Waals surface area contributed by atoms with Crippen LogP contribution in [0.15, 0.2) is 5.16 Å². The average Bonchev–Trinajstić information content (AvgIpc) is 2.26. The van der Waals surface area contributed by atoms with E-state index in [0.29, 0.717) is 19.6 Å². The second kappa shape index (κ2) is 7.05. The van der Waals surface area contributed by atoms with Crippen molar-refractivity contribution in [2.24, 2.45) is 16.8 Å². The van der Waals surface area contributed by atoms with E-state index in [9.17, 15) is 4.79 Å². The lowest BCUT2D eigenvalue weighted by molar-refractivity contribution is -0.132. The molecule has 0 saturated heterocycles. The van der Waals surface area contributed by atoms with E-state index < -0.39 is 5.92 Å². The number of amides is 1. The maximum atomic E-state index is 11.8. The fourth-order valence-corrected chi connectivity index (χ4v) is 1.18. The van der Waals surface area contributed by atoms with E-state index in [4.69, 9.17) is 15.7 Å². The van der Waals surface area contributed by atoms with Gasteiger partial charge in [-0.15, -0.1) is 0 Å². The molecule has 0 aliphatic heterocycles. The Morgan fingerprint density at radius 3 is 2.67 bits per heavy atom. The van der Waals surface area contributed by atoms with Crippen molar-refractivity contribution < 1.29 is 14.7 Å². The third-order valence-corrected chi connectivity index (χ3v) is 2.19. The Morgan fingerprint density at radius 2 is 2.27 bits per heavy atom. The van der Waals surface area contributed by atoms with Crippen LogP contribution in [-0.2, 0) is 9.53 Å². The van der Waals surface area contributed by atoms with Crippen molar-refractivity contribution in [3.63, 3.8) is 0 Å². The van der Waals surface area contributed by atoms with Crippen molar-refractivity contribution in [3.05, 3.63) is 0 Å². The molecule has 1 atom stereocenters. The van der Waals surface area contributed by atoms with Gasteiger partial charge < -0.3 is 20.6 Å². The van der Waals surface area contributed by atoms with Crippen LogP contribution in [0.4, 0.5) is 0 Å². The van der Waals surface area contributed by atoms with Crippen LogP contribution >= 0.6 is 0 Å². The van der Waals surface area contributed by atoms with E-state index in [2.05, 4.69) is 5.16 Å². The summed E-state index contributed by atoms with van der Waals surface area (Å²) in [5.74, 6) is -0.770. The quantitative estimate of drug-likeness (QED) is 0.280. The Bertz CT molecular complexity index is 231. The lowest BCUT2D eigenvalue weighted by atomic mass is 10.0. The van der Waals surface area contributed by atoms with Gasteiger partial charge in [0.1, 0.15) is 0 Å². The summed E-state index contributed by atoms with van der Waals surface area (Å²) in [6, 6.07) is 0. The number of oxime groups is 1. The first-order valence-electron chi connectivity index (χ1n) is 4.79. The molecule has 6 nitrogen and oxygen atoms in total. The van der Waals surface area contributed by atoms with Crippen LogP contribution in [0.3, 0.4) is 0 Å². The first-order chi connectivity index (χ1) is 7.08. The van der Waals surface area contributed by atoms with Gasteiger partial charge in [0.05, 0.1) is 12.5 Å². The van der Waals surface area contributed by atoms with E-state index in [1.54, 1.807) is 14.2 Å². The maximum Gasteiger partial charge on any atom is 0.233 e. The molecule has 0 fully saturated rings. The fraction of sp³-hybridized carbons (Fsp3) is 0.778. The van der Waals surface area contributed by atoms with E-state index in [1.807, 2.05) is 6.92 Å². The molecule has 6 heteroatoms. The van der Waals surface area contributed by atoms with Crippen molar-refractivity contribution in [2.45, 2.75) is 13.3 Å². The van der Waals surface area contributed by atoms with Crippen LogP contribution in [0, 0.1) is 5.92 Å². The maximum absolute atomic E-state index is 11.8. The van der Waals surface area contributed by atoms with Crippen LogP contribution in [0.2, 0.25) is 0 Å². The minimum atomic E-state index is -0.558. The van der Waals surface area contributed by atoms with Gasteiger partial charge in [0.15, 0.2) is 5.84 Å². The van der Waals surface area contributed by atoms with Crippen molar-refractivity contribution in [1.82, 2.24) is 4.90 Å². The Hall–Kier alpha value is -1.30. The number of likely N-dealkylation sites (N-methyl/N-ethyl adjacent to an activating group) is 1. The summed E-state index contributed by atoms with van der Waals surface area (Å²) >= 11 is 0. The largest absolute Gasteiger partial charge is 0.409 e. The molecule has 0 aromatic rings. The zero-order valence-electron chi connectivity index (χ0n) is 9.43. The van der Waals surface area contributed by atoms with Crippen LogP contribution < -0.4 is 5.73 Å². The average molecular weight is 217 g/mol. The minimum Gasteiger partial charge on any atom is -0.409 e. The molecular weight excluding hydrogens is 198 g/mol. The highest BCUT2D eigenvalue weighted by atomic mass is 16.5. The number of carbonyl (C=O) groups excluding carboxylic acids is 1. The highest BCUT2D eigenvalue weighted by Gasteiger charge is 2.24. The van der Waals surface area contributed by atoms with Gasteiger partial charge in [0.2, 0.25) is 5.91 Å². The summed E-state index contributed by atoms with van der Waals surface area (Å²) in [7, 11) is 3.23. The highest BCUT2D eigenvalue weighted by molar-refractivity contribution is 6.01. The smallest absolute Gasteiger partial charge is 0.233 e. The van der Waals surface area contributed by atoms with Gasteiger partial charge >= 0.3 is 0 Å². The van der Waals surface area contributed by atoms with E-state index >= 15 is 0 Å². The van der Waals surface area contributed by atoms with Crippen LogP contribution in [0.25, 0.3) is 0 Å². The number of nitrogens with two attached hydrogens (primary N) is 1. The van der Waals surface area contributed by atoms with E-state index in [1.165, 1.54) is 4.90 Å². The normalized spacial score (nSPS) is 13.7. The third-order valence-electron chi connectivity index (χ3n) is 2.19. The Balaban J connectivity index is 4.38. The fourth-order valence-electron chi connectivity index (χ4n) is 1.18. The molecule has 88 valence electrons. The molecule has 0 aromatic heterocycles. The molecule has 15 heavy (non-hydrogen) atoms. The monoisotopic (exact) mass is 217 g/mol. The van der Waals surface area contributed by atoms with Crippen molar-refractivity contribution in [3.8, 4) is 0 Å². The summed E-state index contributed by atoms with van der Waals surface area (Å²) in [5.41, 5.74) is 5.42. The summed E-state index contributed by atoms with van der Waals surface area (Å²) in [6.07, 6.45) is 0.506. The number of hydrogen-bond acceptors (Lipinski definition) is 4. The van der Waals surface area contributed by atoms with Gasteiger partial charge in [-0.25, -0.2) is 0 Å². The van der Waals surface area contributed by atoms with Gasteiger partial charge in [-0.05, 0) is 6.42 Å². The number of hydrogen-bond donors (Lipinski definition) is 2. The van der Waals surface area contributed by atoms with Gasteiger partial charge in [-0.3, -0.25) is 4.79 Å². The first kappa shape index (κ1) is 13.7. The Morgan fingerprint density at radius 1 is 1.67 bits per heavy atom. The van der Waals surface area contributed by atoms with Crippen molar-refractivity contribution >= 4 is 11.7 Å². The molecule has 0 aromatic carbocycles. The molecular formula is C9H19N3O3. The second-order valence-corrected chi connectivity index (χ2v) is 3.24. The number of nitrogens with zero attached hydrogens (tertiary/aromatic N) is 2. The van der Waals surface area contributed by atoms with Gasteiger partial charge in [-0.1, -0.05) is 12.1 Å². The van der Waals surface area contributed by atoms with Crippen LogP contribution in [0.5, 0.6) is 0 Å². The predicted molar refractivity (Wildman–Crippen MR) is 56.7 cm³/mol. The Kier molecular flexibility index (Phi) is 6.44. The standard InChI is InChI=1S/C9H19N3O3/c1-4-7(8(10)11-14)9(13)12(2)5-6-15-3/h7,14H,4-6H2,1-3H3,(H2,10,11). The number of carbonyl (C=O) groups is 1. The topological polar surface area (TPSA) is 88.2 Å². The van der Waals surface area contributed by atoms with Crippen molar-refractivity contribution in [1.29, 1.82) is 0 Å². The summed E-state index contributed by atoms with van der Waals surface area (Å²) < 4.78 is 4.86. The lowest BCUT2D eigenvalue weighted by Gasteiger charge is -2.21. The molecule has 0 radical (unpaired) electrons. The molecule has 0 aliphatic rings. The molecule has 0 saturated carbocycles. The first-order valence-corrected chi connectivity index (χ1v) is 4.79. The van der Waals surface area contributed by atoms with Gasteiger partial charge in [-0.2, -0.15) is 0 Å². The van der Waals surface area contributed by atoms with Crippen molar-refractivity contribution in [2.75, 3.05) is 27.3 Å². The Labute approximate surface area is 89.7 Å². The predicted octanol–water partition coefficient (Wildman–Crippen LogP) is -0.136. The second-order valence-electron chi connectivity index (χ2n) is 3.24. The minimum absolute atomic E-state index is 0.0493. The molecule has 1 amide bonds. The van der Waals surface area contributed by atoms with Crippen LogP contribution in [-0.4, -0.2) is 49.2 Å². The number of amidine groups is 1. The van der Waals surface area contributed by atoms with Gasteiger partial charge in [0.25, 0.3) is 0 Å². The highest BCUT2D eigenvalue weighted by Crippen LogP contribution is 2.06. The summed E-state index contributed by atoms with van der Waals surface area (Å²) in [4.78, 5) is 13.3. The number of methoxy groups -OCH3 is 1. The van der Waals surface area contributed by atoms with Crippen LogP contribution in [0.1, 0.15) is 13.3 Å². The van der Waals surface area contributed by atoms with E-state index in [-0.39, 0.29) is 11.7 Å². The third kappa shape index (κ3) is 4.16. The van der Waals surface area contributed by atoms with Gasteiger partial charge in [0, 0.05) is 20.7 Å². The molecule has 0 bridgehead atoms. The number of rotatable bonds is 6.